The minimum atomic E-state index is -0.950. The Balaban J connectivity index is 2.00. The van der Waals surface area contributed by atoms with Gasteiger partial charge in [0.25, 0.3) is 0 Å². The number of hydrogen-bond donors (Lipinski definition) is 0. The molecule has 0 saturated carbocycles. The summed E-state index contributed by atoms with van der Waals surface area (Å²) >= 11 is -0.950. The maximum atomic E-state index is 11.5. The standard InChI is InChI=1S/C17H16N2OS/c1-13-3-7-15(8-4-13)19-17(11-12-18-19)14-5-9-16(10-6-14)21(2)20/h3-12H,1-2H3. The number of aromatic nitrogens is 2. The number of hydrogen-bond acceptors (Lipinski definition) is 2. The van der Waals surface area contributed by atoms with Crippen LogP contribution in [-0.2, 0) is 11.2 Å². The second kappa shape index (κ2) is 5.76. The van der Waals surface area contributed by atoms with Crippen molar-refractivity contribution in [1.82, 2.24) is 9.78 Å². The molecule has 3 rings (SSSR count). The topological polar surface area (TPSA) is 40.9 Å². The third-order valence-electron chi connectivity index (χ3n) is 3.40. The molecule has 1 unspecified atom stereocenters. The van der Waals surface area contributed by atoms with Gasteiger partial charge in [-0.1, -0.05) is 17.7 Å². The lowest BCUT2D eigenvalue weighted by Crippen LogP contribution is -2.00. The Labute approximate surface area is 127 Å². The van der Waals surface area contributed by atoms with Gasteiger partial charge in [-0.25, -0.2) is 4.68 Å². The highest BCUT2D eigenvalue weighted by molar-refractivity contribution is 7.90. The normalized spacial score (nSPS) is 12.3. The fourth-order valence-corrected chi connectivity index (χ4v) is 2.75. The zero-order valence-corrected chi connectivity index (χ0v) is 12.8. The van der Waals surface area contributed by atoms with Gasteiger partial charge in [-0.2, -0.15) is 5.10 Å². The predicted octanol–water partition coefficient (Wildman–Crippen LogP) is 3.59. The first-order valence-electron chi connectivity index (χ1n) is 6.70. The van der Waals surface area contributed by atoms with Crippen molar-refractivity contribution in [1.29, 1.82) is 0 Å². The lowest BCUT2D eigenvalue weighted by Gasteiger charge is -2.09. The van der Waals surface area contributed by atoms with E-state index in [1.165, 1.54) is 5.56 Å². The summed E-state index contributed by atoms with van der Waals surface area (Å²) in [7, 11) is 0. The molecule has 1 aromatic heterocycles. The molecule has 0 aliphatic carbocycles. The monoisotopic (exact) mass is 296 g/mol. The van der Waals surface area contributed by atoms with E-state index in [1.807, 2.05) is 35.0 Å². The van der Waals surface area contributed by atoms with Crippen molar-refractivity contribution in [3.05, 3.63) is 66.4 Å². The van der Waals surface area contributed by atoms with Gasteiger partial charge in [-0.3, -0.25) is 0 Å². The molecule has 0 aliphatic rings. The summed E-state index contributed by atoms with van der Waals surface area (Å²) in [5.74, 6) is 0. The number of rotatable bonds is 3. The molecule has 0 amide bonds. The molecule has 21 heavy (non-hydrogen) atoms. The largest absolute Gasteiger partial charge is 0.612 e. The molecule has 0 spiro atoms. The summed E-state index contributed by atoms with van der Waals surface area (Å²) in [5.41, 5.74) is 4.33. The molecule has 106 valence electrons. The first-order chi connectivity index (χ1) is 10.1. The van der Waals surface area contributed by atoms with E-state index in [1.54, 1.807) is 12.5 Å². The molecule has 0 saturated heterocycles. The van der Waals surface area contributed by atoms with Crippen LogP contribution in [-0.4, -0.2) is 20.6 Å². The Hall–Kier alpha value is -2.04. The van der Waals surface area contributed by atoms with Gasteiger partial charge in [-0.05, 0) is 60.6 Å². The molecule has 0 fully saturated rings. The van der Waals surface area contributed by atoms with E-state index in [9.17, 15) is 4.55 Å². The van der Waals surface area contributed by atoms with E-state index in [0.29, 0.717) is 0 Å². The van der Waals surface area contributed by atoms with Crippen LogP contribution in [0.25, 0.3) is 16.9 Å². The second-order valence-corrected chi connectivity index (χ2v) is 6.32. The highest BCUT2D eigenvalue weighted by atomic mass is 32.2. The first kappa shape index (κ1) is 13.9. The van der Waals surface area contributed by atoms with Gasteiger partial charge in [0, 0.05) is 5.56 Å². The van der Waals surface area contributed by atoms with Gasteiger partial charge in [0.2, 0.25) is 0 Å². The van der Waals surface area contributed by atoms with Crippen molar-refractivity contribution in [2.45, 2.75) is 11.8 Å². The maximum Gasteiger partial charge on any atom is 0.152 e. The van der Waals surface area contributed by atoms with Gasteiger partial charge in [-0.15, -0.1) is 0 Å². The summed E-state index contributed by atoms with van der Waals surface area (Å²) in [6, 6.07) is 18.0. The Morgan fingerprint density at radius 3 is 2.24 bits per heavy atom. The van der Waals surface area contributed by atoms with Crippen molar-refractivity contribution >= 4 is 11.2 Å². The van der Waals surface area contributed by atoms with Crippen LogP contribution in [0.4, 0.5) is 0 Å². The van der Waals surface area contributed by atoms with Crippen molar-refractivity contribution in [3.8, 4) is 16.9 Å². The Kier molecular flexibility index (Phi) is 3.82. The van der Waals surface area contributed by atoms with Gasteiger partial charge < -0.3 is 4.55 Å². The summed E-state index contributed by atoms with van der Waals surface area (Å²) in [5, 5.41) is 4.41. The van der Waals surface area contributed by atoms with Gasteiger partial charge in [0.05, 0.1) is 17.6 Å². The average Bonchev–Trinajstić information content (AvgIpc) is 2.97. The maximum absolute atomic E-state index is 11.5. The lowest BCUT2D eigenvalue weighted by atomic mass is 10.1. The summed E-state index contributed by atoms with van der Waals surface area (Å²) in [4.78, 5) is 0.833. The highest BCUT2D eigenvalue weighted by Gasteiger charge is 2.09. The van der Waals surface area contributed by atoms with Crippen LogP contribution in [0.15, 0.2) is 65.7 Å². The highest BCUT2D eigenvalue weighted by Crippen LogP contribution is 2.24. The second-order valence-electron chi connectivity index (χ2n) is 4.94. The summed E-state index contributed by atoms with van der Waals surface area (Å²) in [6.07, 6.45) is 3.48. The van der Waals surface area contributed by atoms with Crippen molar-refractivity contribution in [3.63, 3.8) is 0 Å². The van der Waals surface area contributed by atoms with Crippen LogP contribution in [0.3, 0.4) is 0 Å². The Morgan fingerprint density at radius 1 is 0.952 bits per heavy atom. The van der Waals surface area contributed by atoms with E-state index in [-0.39, 0.29) is 0 Å². The zero-order chi connectivity index (χ0) is 14.8. The SMILES string of the molecule is Cc1ccc(-n2nccc2-c2ccc([S+](C)[O-])cc2)cc1. The molecule has 0 radical (unpaired) electrons. The van der Waals surface area contributed by atoms with Crippen molar-refractivity contribution < 1.29 is 4.55 Å². The quantitative estimate of drug-likeness (QED) is 0.693. The molecule has 2 aromatic carbocycles. The molecule has 1 heterocycles. The zero-order valence-electron chi connectivity index (χ0n) is 12.0. The average molecular weight is 296 g/mol. The molecule has 1 atom stereocenters. The minimum Gasteiger partial charge on any atom is -0.612 e. The molecule has 4 heteroatoms. The lowest BCUT2D eigenvalue weighted by molar-refractivity contribution is 0.601. The van der Waals surface area contributed by atoms with Crippen LogP contribution >= 0.6 is 0 Å². The van der Waals surface area contributed by atoms with Gasteiger partial charge >= 0.3 is 0 Å². The molecule has 0 bridgehead atoms. The van der Waals surface area contributed by atoms with E-state index < -0.39 is 11.2 Å². The van der Waals surface area contributed by atoms with Crippen LogP contribution in [0.1, 0.15) is 5.56 Å². The molecule has 0 N–H and O–H groups in total. The fraction of sp³-hybridized carbons (Fsp3) is 0.118. The van der Waals surface area contributed by atoms with Crippen LogP contribution < -0.4 is 0 Å². The molecular formula is C17H16N2OS. The predicted molar refractivity (Wildman–Crippen MR) is 86.1 cm³/mol. The van der Waals surface area contributed by atoms with Crippen LogP contribution in [0.2, 0.25) is 0 Å². The molecule has 0 aliphatic heterocycles. The van der Waals surface area contributed by atoms with E-state index in [0.717, 1.165) is 21.8 Å². The van der Waals surface area contributed by atoms with Gasteiger partial charge in [0.15, 0.2) is 4.90 Å². The fourth-order valence-electron chi connectivity index (χ4n) is 2.23. The summed E-state index contributed by atoms with van der Waals surface area (Å²) < 4.78 is 13.4. The van der Waals surface area contributed by atoms with Gasteiger partial charge in [0.1, 0.15) is 6.26 Å². The van der Waals surface area contributed by atoms with Crippen molar-refractivity contribution in [2.24, 2.45) is 0 Å². The Bertz CT molecular complexity index is 730. The smallest absolute Gasteiger partial charge is 0.152 e. The molecule has 3 aromatic rings. The first-order valence-corrected chi connectivity index (χ1v) is 8.26. The number of aryl methyl sites for hydroxylation is 1. The van der Waals surface area contributed by atoms with Crippen LogP contribution in [0.5, 0.6) is 0 Å². The molecular weight excluding hydrogens is 280 g/mol. The van der Waals surface area contributed by atoms with E-state index >= 15 is 0 Å². The number of benzene rings is 2. The van der Waals surface area contributed by atoms with Crippen LogP contribution in [0, 0.1) is 6.92 Å². The van der Waals surface area contributed by atoms with E-state index in [4.69, 9.17) is 0 Å². The third-order valence-corrected chi connectivity index (χ3v) is 4.34. The number of nitrogens with zero attached hydrogens (tertiary/aromatic N) is 2. The molecule has 3 nitrogen and oxygen atoms in total. The van der Waals surface area contributed by atoms with E-state index in [2.05, 4.69) is 36.3 Å². The third kappa shape index (κ3) is 2.86. The minimum absolute atomic E-state index is 0.833. The Morgan fingerprint density at radius 2 is 1.62 bits per heavy atom. The van der Waals surface area contributed by atoms with Crippen molar-refractivity contribution in [2.75, 3.05) is 6.26 Å². The summed E-state index contributed by atoms with van der Waals surface area (Å²) in [6.45, 7) is 2.07.